The monoisotopic (exact) mass is 475 g/mol. The van der Waals surface area contributed by atoms with Crippen molar-refractivity contribution in [2.24, 2.45) is 10.9 Å². The first-order chi connectivity index (χ1) is 11.4. The van der Waals surface area contributed by atoms with Gasteiger partial charge in [0.05, 0.1) is 18.1 Å². The molecule has 0 bridgehead atoms. The number of fused-ring (bicyclic) bond motifs is 1. The minimum absolute atomic E-state index is 0. The number of rotatable bonds is 4. The van der Waals surface area contributed by atoms with Crippen LogP contribution in [0.3, 0.4) is 0 Å². The number of para-hydroxylation sites is 1. The topological polar surface area (TPSA) is 61.8 Å². The molecule has 0 spiro atoms. The lowest BCUT2D eigenvalue weighted by Crippen LogP contribution is -2.43. The van der Waals surface area contributed by atoms with Gasteiger partial charge in [0.15, 0.2) is 15.8 Å². The van der Waals surface area contributed by atoms with Crippen molar-refractivity contribution < 1.29 is 8.42 Å². The van der Waals surface area contributed by atoms with E-state index in [2.05, 4.69) is 40.0 Å². The van der Waals surface area contributed by atoms with Crippen LogP contribution >= 0.6 is 24.0 Å². The van der Waals surface area contributed by atoms with Gasteiger partial charge in [0.25, 0.3) is 0 Å². The van der Waals surface area contributed by atoms with Crippen molar-refractivity contribution in [3.63, 3.8) is 0 Å². The normalized spacial score (nSPS) is 21.6. The van der Waals surface area contributed by atoms with Crippen LogP contribution in [-0.4, -0.2) is 45.5 Å². The minimum Gasteiger partial charge on any atom is -0.356 e. The Morgan fingerprint density at radius 3 is 2.84 bits per heavy atom. The van der Waals surface area contributed by atoms with Crippen LogP contribution in [0.1, 0.15) is 18.9 Å². The number of hydrogen-bond acceptors (Lipinski definition) is 3. The maximum absolute atomic E-state index is 11.6. The molecule has 5 nitrogen and oxygen atoms in total. The Balaban J connectivity index is 0.00000225. The zero-order valence-electron chi connectivity index (χ0n) is 14.6. The molecule has 3 rings (SSSR count). The van der Waals surface area contributed by atoms with Crippen molar-refractivity contribution in [2.45, 2.75) is 19.8 Å². The van der Waals surface area contributed by atoms with Gasteiger partial charge >= 0.3 is 0 Å². The standard InChI is InChI=1S/C18H25N3O2S.HI/c1-14(2)11-19-18(20-12-15-8-10-24(22,23)13-15)21-9-7-16-5-3-4-6-17(16)21;/h3-6,15H,1,7-13H2,2H3,(H,19,20);1H. The fourth-order valence-corrected chi connectivity index (χ4v) is 5.14. The smallest absolute Gasteiger partial charge is 0.198 e. The third kappa shape index (κ3) is 5.20. The van der Waals surface area contributed by atoms with Gasteiger partial charge in [0, 0.05) is 18.8 Å². The van der Waals surface area contributed by atoms with Gasteiger partial charge in [-0.15, -0.1) is 24.0 Å². The van der Waals surface area contributed by atoms with E-state index >= 15 is 0 Å². The van der Waals surface area contributed by atoms with Crippen LogP contribution in [0, 0.1) is 5.92 Å². The highest BCUT2D eigenvalue weighted by Gasteiger charge is 2.29. The first kappa shape index (κ1) is 20.2. The van der Waals surface area contributed by atoms with E-state index in [0.717, 1.165) is 30.9 Å². The van der Waals surface area contributed by atoms with E-state index < -0.39 is 9.84 Å². The Hall–Kier alpha value is -1.09. The summed E-state index contributed by atoms with van der Waals surface area (Å²) in [5.41, 5.74) is 3.51. The second-order valence-electron chi connectivity index (χ2n) is 6.78. The molecule has 2 aliphatic rings. The van der Waals surface area contributed by atoms with Crippen LogP contribution in [0.2, 0.25) is 0 Å². The Morgan fingerprint density at radius 1 is 1.40 bits per heavy atom. The lowest BCUT2D eigenvalue weighted by molar-refractivity contribution is 0.570. The molecule has 1 aromatic carbocycles. The molecule has 0 aromatic heterocycles. The number of guanidine groups is 1. The molecule has 1 unspecified atom stereocenters. The first-order valence-corrected chi connectivity index (χ1v) is 10.3. The summed E-state index contributed by atoms with van der Waals surface area (Å²) in [6.45, 7) is 8.00. The number of hydrogen-bond donors (Lipinski definition) is 1. The maximum Gasteiger partial charge on any atom is 0.198 e. The third-order valence-electron chi connectivity index (χ3n) is 4.52. The number of nitrogens with one attached hydrogen (secondary N) is 1. The summed E-state index contributed by atoms with van der Waals surface area (Å²) in [5, 5.41) is 3.41. The van der Waals surface area contributed by atoms with Crippen LogP contribution in [0.15, 0.2) is 41.4 Å². The molecule has 1 aromatic rings. The van der Waals surface area contributed by atoms with Crippen LogP contribution in [0.4, 0.5) is 5.69 Å². The summed E-state index contributed by atoms with van der Waals surface area (Å²) in [5.74, 6) is 1.59. The van der Waals surface area contributed by atoms with Gasteiger partial charge in [-0.2, -0.15) is 0 Å². The van der Waals surface area contributed by atoms with E-state index in [1.165, 1.54) is 11.3 Å². The summed E-state index contributed by atoms with van der Waals surface area (Å²) in [6.07, 6.45) is 1.74. The summed E-state index contributed by atoms with van der Waals surface area (Å²) >= 11 is 0. The number of benzene rings is 1. The molecule has 2 aliphatic heterocycles. The number of sulfone groups is 1. The fraction of sp³-hybridized carbons (Fsp3) is 0.500. The summed E-state index contributed by atoms with van der Waals surface area (Å²) in [7, 11) is -2.84. The molecule has 1 N–H and O–H groups in total. The second kappa shape index (κ2) is 8.53. The van der Waals surface area contributed by atoms with Crippen molar-refractivity contribution in [3.05, 3.63) is 42.0 Å². The Labute approximate surface area is 167 Å². The van der Waals surface area contributed by atoms with Gasteiger partial charge in [-0.3, -0.25) is 0 Å². The minimum atomic E-state index is -2.84. The number of halogens is 1. The van der Waals surface area contributed by atoms with E-state index in [4.69, 9.17) is 0 Å². The van der Waals surface area contributed by atoms with Gasteiger partial charge in [0.2, 0.25) is 0 Å². The molecule has 0 saturated carbocycles. The van der Waals surface area contributed by atoms with Crippen molar-refractivity contribution in [3.8, 4) is 0 Å². The van der Waals surface area contributed by atoms with Crippen LogP contribution in [-0.2, 0) is 16.3 Å². The molecule has 2 heterocycles. The van der Waals surface area contributed by atoms with Crippen LogP contribution in [0.25, 0.3) is 0 Å². The largest absolute Gasteiger partial charge is 0.356 e. The highest BCUT2D eigenvalue weighted by atomic mass is 127. The third-order valence-corrected chi connectivity index (χ3v) is 6.35. The molecule has 1 fully saturated rings. The van der Waals surface area contributed by atoms with Crippen molar-refractivity contribution in [1.29, 1.82) is 0 Å². The predicted octanol–water partition coefficient (Wildman–Crippen LogP) is 2.62. The van der Waals surface area contributed by atoms with Crippen molar-refractivity contribution in [2.75, 3.05) is 36.0 Å². The average molecular weight is 475 g/mol. The molecule has 138 valence electrons. The molecular weight excluding hydrogens is 449 g/mol. The molecule has 0 amide bonds. The Morgan fingerprint density at radius 2 is 2.16 bits per heavy atom. The summed E-state index contributed by atoms with van der Waals surface area (Å²) in [6, 6.07) is 8.36. The molecule has 1 atom stereocenters. The quantitative estimate of drug-likeness (QED) is 0.315. The van der Waals surface area contributed by atoms with E-state index in [-0.39, 0.29) is 35.6 Å². The van der Waals surface area contributed by atoms with Gasteiger partial charge in [-0.05, 0) is 37.3 Å². The Kier molecular flexibility index (Phi) is 6.90. The molecule has 1 saturated heterocycles. The Bertz CT molecular complexity index is 761. The summed E-state index contributed by atoms with van der Waals surface area (Å²) in [4.78, 5) is 6.88. The first-order valence-electron chi connectivity index (χ1n) is 8.43. The molecule has 0 radical (unpaired) electrons. The number of aliphatic imine (C=N–C) groups is 1. The molecule has 25 heavy (non-hydrogen) atoms. The van der Waals surface area contributed by atoms with E-state index in [9.17, 15) is 8.42 Å². The second-order valence-corrected chi connectivity index (χ2v) is 9.01. The van der Waals surface area contributed by atoms with Crippen LogP contribution in [0.5, 0.6) is 0 Å². The molecule has 7 heteroatoms. The zero-order valence-corrected chi connectivity index (χ0v) is 17.7. The molecule has 0 aliphatic carbocycles. The van der Waals surface area contributed by atoms with E-state index in [1.54, 1.807) is 0 Å². The zero-order chi connectivity index (χ0) is 17.2. The fourth-order valence-electron chi connectivity index (χ4n) is 3.27. The lowest BCUT2D eigenvalue weighted by Gasteiger charge is -2.24. The average Bonchev–Trinajstić information content (AvgIpc) is 3.10. The lowest BCUT2D eigenvalue weighted by atomic mass is 10.1. The van der Waals surface area contributed by atoms with Crippen molar-refractivity contribution >= 4 is 45.5 Å². The van der Waals surface area contributed by atoms with Crippen molar-refractivity contribution in [1.82, 2.24) is 5.32 Å². The van der Waals surface area contributed by atoms with E-state index in [1.807, 2.05) is 13.0 Å². The number of nitrogens with zero attached hydrogens (tertiary/aromatic N) is 2. The van der Waals surface area contributed by atoms with E-state index in [0.29, 0.717) is 18.8 Å². The van der Waals surface area contributed by atoms with Crippen LogP contribution < -0.4 is 10.2 Å². The number of anilines is 1. The van der Waals surface area contributed by atoms with Gasteiger partial charge < -0.3 is 10.2 Å². The maximum atomic E-state index is 11.6. The predicted molar refractivity (Wildman–Crippen MR) is 115 cm³/mol. The van der Waals surface area contributed by atoms with Gasteiger partial charge in [0.1, 0.15) is 0 Å². The highest BCUT2D eigenvalue weighted by molar-refractivity contribution is 14.0. The van der Waals surface area contributed by atoms with Gasteiger partial charge in [-0.25, -0.2) is 13.4 Å². The highest BCUT2D eigenvalue weighted by Crippen LogP contribution is 2.27. The summed E-state index contributed by atoms with van der Waals surface area (Å²) < 4.78 is 23.3. The molecular formula is C18H26IN3O2S. The van der Waals surface area contributed by atoms with Gasteiger partial charge in [-0.1, -0.05) is 30.4 Å². The SMILES string of the molecule is C=C(C)CN=C(NCC1CCS(=O)(=O)C1)N1CCc2ccccc21.I.